The fourth-order valence-electron chi connectivity index (χ4n) is 2.48. The lowest BCUT2D eigenvalue weighted by atomic mass is 9.93. The van der Waals surface area contributed by atoms with E-state index in [0.29, 0.717) is 12.4 Å². The summed E-state index contributed by atoms with van der Waals surface area (Å²) >= 11 is 1.50. The molecule has 1 fully saturated rings. The Kier molecular flexibility index (Phi) is 6.39. The molecule has 0 aromatic heterocycles. The van der Waals surface area contributed by atoms with E-state index < -0.39 is 6.10 Å². The SMILES string of the molecule is CCOc1ccc(SCC(=O)N[C@H]2CCCC[C@@H]2O)cc1. The van der Waals surface area contributed by atoms with Crippen molar-refractivity contribution in [1.29, 1.82) is 0 Å². The molecule has 0 radical (unpaired) electrons. The summed E-state index contributed by atoms with van der Waals surface area (Å²) in [6.45, 7) is 2.60. The number of hydrogen-bond donors (Lipinski definition) is 2. The fourth-order valence-corrected chi connectivity index (χ4v) is 3.19. The summed E-state index contributed by atoms with van der Waals surface area (Å²) in [7, 11) is 0. The standard InChI is InChI=1S/C16H23NO3S/c1-2-20-12-7-9-13(10-8-12)21-11-16(19)17-14-5-3-4-6-15(14)18/h7-10,14-15,18H,2-6,11H2,1H3,(H,17,19)/t14-,15-/m0/s1. The lowest BCUT2D eigenvalue weighted by Crippen LogP contribution is -2.45. The first kappa shape index (κ1) is 16.2. The Morgan fingerprint density at radius 2 is 2.05 bits per heavy atom. The van der Waals surface area contributed by atoms with Crippen molar-refractivity contribution in [3.63, 3.8) is 0 Å². The van der Waals surface area contributed by atoms with Crippen LogP contribution < -0.4 is 10.1 Å². The van der Waals surface area contributed by atoms with Gasteiger partial charge in [0.15, 0.2) is 0 Å². The van der Waals surface area contributed by atoms with Gasteiger partial charge in [-0.15, -0.1) is 11.8 Å². The van der Waals surface area contributed by atoms with E-state index in [0.717, 1.165) is 36.3 Å². The largest absolute Gasteiger partial charge is 0.494 e. The van der Waals surface area contributed by atoms with Gasteiger partial charge in [-0.2, -0.15) is 0 Å². The second-order valence-corrected chi connectivity index (χ2v) is 6.27. The second-order valence-electron chi connectivity index (χ2n) is 5.22. The molecule has 2 atom stereocenters. The highest BCUT2D eigenvalue weighted by atomic mass is 32.2. The number of aliphatic hydroxyl groups excluding tert-OH is 1. The zero-order valence-electron chi connectivity index (χ0n) is 12.4. The van der Waals surface area contributed by atoms with E-state index in [4.69, 9.17) is 4.74 Å². The van der Waals surface area contributed by atoms with Gasteiger partial charge >= 0.3 is 0 Å². The quantitative estimate of drug-likeness (QED) is 0.793. The van der Waals surface area contributed by atoms with Crippen LogP contribution in [0.15, 0.2) is 29.2 Å². The van der Waals surface area contributed by atoms with Crippen molar-refractivity contribution in [2.75, 3.05) is 12.4 Å². The fraction of sp³-hybridized carbons (Fsp3) is 0.562. The van der Waals surface area contributed by atoms with Gasteiger partial charge < -0.3 is 15.2 Å². The molecule has 2 N–H and O–H groups in total. The van der Waals surface area contributed by atoms with E-state index in [1.165, 1.54) is 11.8 Å². The molecular formula is C16H23NO3S. The van der Waals surface area contributed by atoms with Crippen LogP contribution in [0.1, 0.15) is 32.6 Å². The molecule has 1 aliphatic carbocycles. The average Bonchev–Trinajstić information content (AvgIpc) is 2.49. The van der Waals surface area contributed by atoms with Crippen molar-refractivity contribution in [2.45, 2.75) is 49.6 Å². The molecular weight excluding hydrogens is 286 g/mol. The third-order valence-corrected chi connectivity index (χ3v) is 4.59. The zero-order chi connectivity index (χ0) is 15.1. The van der Waals surface area contributed by atoms with Gasteiger partial charge in [-0.05, 0) is 44.0 Å². The number of carbonyl (C=O) groups excluding carboxylic acids is 1. The lowest BCUT2D eigenvalue weighted by Gasteiger charge is -2.28. The number of carbonyl (C=O) groups is 1. The summed E-state index contributed by atoms with van der Waals surface area (Å²) in [6, 6.07) is 7.66. The smallest absolute Gasteiger partial charge is 0.230 e. The molecule has 0 unspecified atom stereocenters. The van der Waals surface area contributed by atoms with Gasteiger partial charge in [0.25, 0.3) is 0 Å². The summed E-state index contributed by atoms with van der Waals surface area (Å²) < 4.78 is 5.38. The van der Waals surface area contributed by atoms with Crippen LogP contribution in [-0.4, -0.2) is 35.5 Å². The monoisotopic (exact) mass is 309 g/mol. The average molecular weight is 309 g/mol. The molecule has 1 aromatic carbocycles. The third kappa shape index (κ3) is 5.25. The predicted molar refractivity (Wildman–Crippen MR) is 84.7 cm³/mol. The Morgan fingerprint density at radius 3 is 2.71 bits per heavy atom. The van der Waals surface area contributed by atoms with Gasteiger partial charge in [0, 0.05) is 4.90 Å². The van der Waals surface area contributed by atoms with Crippen molar-refractivity contribution < 1.29 is 14.6 Å². The zero-order valence-corrected chi connectivity index (χ0v) is 13.2. The number of benzene rings is 1. The first-order valence-electron chi connectivity index (χ1n) is 7.52. The Morgan fingerprint density at radius 1 is 1.33 bits per heavy atom. The molecule has 0 saturated heterocycles. The van der Waals surface area contributed by atoms with Crippen molar-refractivity contribution in [2.24, 2.45) is 0 Å². The van der Waals surface area contributed by atoms with Gasteiger partial charge in [0.1, 0.15) is 5.75 Å². The normalized spacial score (nSPS) is 21.8. The highest BCUT2D eigenvalue weighted by Gasteiger charge is 2.24. The first-order valence-corrected chi connectivity index (χ1v) is 8.50. The number of aliphatic hydroxyl groups is 1. The van der Waals surface area contributed by atoms with Crippen molar-refractivity contribution >= 4 is 17.7 Å². The van der Waals surface area contributed by atoms with E-state index in [2.05, 4.69) is 5.32 Å². The molecule has 2 rings (SSSR count). The summed E-state index contributed by atoms with van der Waals surface area (Å²) in [5.41, 5.74) is 0. The molecule has 116 valence electrons. The minimum atomic E-state index is -0.391. The van der Waals surface area contributed by atoms with Gasteiger partial charge in [-0.25, -0.2) is 0 Å². The number of thioether (sulfide) groups is 1. The maximum absolute atomic E-state index is 11.9. The van der Waals surface area contributed by atoms with Crippen LogP contribution in [0.25, 0.3) is 0 Å². The van der Waals surface area contributed by atoms with Crippen LogP contribution in [0.5, 0.6) is 5.75 Å². The molecule has 0 aliphatic heterocycles. The highest BCUT2D eigenvalue weighted by Crippen LogP contribution is 2.22. The number of nitrogens with one attached hydrogen (secondary N) is 1. The van der Waals surface area contributed by atoms with E-state index in [9.17, 15) is 9.90 Å². The molecule has 0 spiro atoms. The summed E-state index contributed by atoms with van der Waals surface area (Å²) in [5, 5.41) is 12.8. The molecule has 1 saturated carbocycles. The molecule has 0 heterocycles. The first-order chi connectivity index (χ1) is 10.2. The summed E-state index contributed by atoms with van der Waals surface area (Å²) in [4.78, 5) is 13.0. The molecule has 4 nitrogen and oxygen atoms in total. The number of ether oxygens (including phenoxy) is 1. The van der Waals surface area contributed by atoms with Crippen LogP contribution in [0, 0.1) is 0 Å². The lowest BCUT2D eigenvalue weighted by molar-refractivity contribution is -0.120. The molecule has 1 aromatic rings. The summed E-state index contributed by atoms with van der Waals surface area (Å²) in [6.07, 6.45) is 3.40. The van der Waals surface area contributed by atoms with E-state index in [1.54, 1.807) is 0 Å². The molecule has 1 amide bonds. The summed E-state index contributed by atoms with van der Waals surface area (Å²) in [5.74, 6) is 1.20. The van der Waals surface area contributed by atoms with Crippen molar-refractivity contribution in [3.8, 4) is 5.75 Å². The van der Waals surface area contributed by atoms with Crippen molar-refractivity contribution in [3.05, 3.63) is 24.3 Å². The van der Waals surface area contributed by atoms with Crippen LogP contribution in [-0.2, 0) is 4.79 Å². The highest BCUT2D eigenvalue weighted by molar-refractivity contribution is 8.00. The molecule has 0 bridgehead atoms. The topological polar surface area (TPSA) is 58.6 Å². The second kappa shape index (κ2) is 8.29. The van der Waals surface area contributed by atoms with Gasteiger partial charge in [0.2, 0.25) is 5.91 Å². The maximum atomic E-state index is 11.9. The van der Waals surface area contributed by atoms with Gasteiger partial charge in [0.05, 0.1) is 24.5 Å². The Bertz CT molecular complexity index is 449. The van der Waals surface area contributed by atoms with E-state index >= 15 is 0 Å². The number of hydrogen-bond acceptors (Lipinski definition) is 4. The van der Waals surface area contributed by atoms with Gasteiger partial charge in [-0.3, -0.25) is 4.79 Å². The predicted octanol–water partition coefficient (Wildman–Crippen LogP) is 2.60. The number of amides is 1. The number of rotatable bonds is 6. The van der Waals surface area contributed by atoms with Crippen molar-refractivity contribution in [1.82, 2.24) is 5.32 Å². The molecule has 1 aliphatic rings. The Hall–Kier alpha value is -1.20. The van der Waals surface area contributed by atoms with E-state index in [1.807, 2.05) is 31.2 Å². The van der Waals surface area contributed by atoms with Crippen LogP contribution in [0.3, 0.4) is 0 Å². The van der Waals surface area contributed by atoms with Crippen LogP contribution in [0.4, 0.5) is 0 Å². The third-order valence-electron chi connectivity index (χ3n) is 3.58. The Labute approximate surface area is 130 Å². The Balaban J connectivity index is 1.75. The minimum absolute atomic E-state index is 0.0140. The van der Waals surface area contributed by atoms with Crippen LogP contribution >= 0.6 is 11.8 Å². The van der Waals surface area contributed by atoms with Gasteiger partial charge in [-0.1, -0.05) is 12.8 Å². The minimum Gasteiger partial charge on any atom is -0.494 e. The van der Waals surface area contributed by atoms with Crippen LogP contribution in [0.2, 0.25) is 0 Å². The molecule has 5 heteroatoms. The molecule has 21 heavy (non-hydrogen) atoms. The maximum Gasteiger partial charge on any atom is 0.230 e. The van der Waals surface area contributed by atoms with E-state index in [-0.39, 0.29) is 11.9 Å².